The van der Waals surface area contributed by atoms with Crippen LogP contribution in [0.1, 0.15) is 29.7 Å². The van der Waals surface area contributed by atoms with Crippen molar-refractivity contribution in [3.8, 4) is 11.4 Å². The zero-order chi connectivity index (χ0) is 17.9. The van der Waals surface area contributed by atoms with Crippen LogP contribution in [0.4, 0.5) is 5.82 Å². The Labute approximate surface area is 167 Å². The highest BCUT2D eigenvalue weighted by atomic mass is 127. The number of rotatable bonds is 4. The summed E-state index contributed by atoms with van der Waals surface area (Å²) in [6.07, 6.45) is 4.32. The summed E-state index contributed by atoms with van der Waals surface area (Å²) < 4.78 is 8.58. The summed E-state index contributed by atoms with van der Waals surface area (Å²) >= 11 is 2.34. The summed E-state index contributed by atoms with van der Waals surface area (Å²) in [7, 11) is 1.70. The Balaban J connectivity index is 1.72. The van der Waals surface area contributed by atoms with Gasteiger partial charge in [0.1, 0.15) is 11.6 Å². The number of methoxy groups -OCH3 is 1. The molecule has 4 rings (SSSR count). The monoisotopic (exact) mass is 459 g/mol. The third-order valence-electron chi connectivity index (χ3n) is 4.81. The molecule has 0 aliphatic carbocycles. The molecule has 0 saturated carbocycles. The van der Waals surface area contributed by atoms with Crippen molar-refractivity contribution < 1.29 is 4.74 Å². The van der Waals surface area contributed by atoms with Crippen LogP contribution in [0, 0.1) is 3.57 Å². The Kier molecular flexibility index (Phi) is 5.15. The fourth-order valence-electron chi connectivity index (χ4n) is 3.42. The van der Waals surface area contributed by atoms with Crippen molar-refractivity contribution in [2.24, 2.45) is 0 Å². The van der Waals surface area contributed by atoms with Crippen LogP contribution in [0.25, 0.3) is 5.69 Å². The van der Waals surface area contributed by atoms with E-state index in [-0.39, 0.29) is 0 Å². The fraction of sp³-hybridized carbons (Fsp3) is 0.286. The van der Waals surface area contributed by atoms with Crippen LogP contribution in [0.15, 0.2) is 48.5 Å². The lowest BCUT2D eigenvalue weighted by Crippen LogP contribution is -2.07. The molecule has 1 aliphatic heterocycles. The van der Waals surface area contributed by atoms with E-state index in [1.165, 1.54) is 27.5 Å². The van der Waals surface area contributed by atoms with Gasteiger partial charge >= 0.3 is 0 Å². The number of nitrogens with zero attached hydrogens (tertiary/aromatic N) is 2. The smallest absolute Gasteiger partial charge is 0.133 e. The minimum atomic E-state index is 0.839. The Morgan fingerprint density at radius 1 is 1.08 bits per heavy atom. The summed E-state index contributed by atoms with van der Waals surface area (Å²) in [6, 6.07) is 16.8. The van der Waals surface area contributed by atoms with E-state index in [1.807, 2.05) is 12.1 Å². The second-order valence-electron chi connectivity index (χ2n) is 6.57. The Bertz CT molecular complexity index is 885. The first kappa shape index (κ1) is 17.4. The second kappa shape index (κ2) is 7.70. The Morgan fingerprint density at radius 3 is 2.58 bits per heavy atom. The van der Waals surface area contributed by atoms with Gasteiger partial charge in [-0.25, -0.2) is 4.68 Å². The number of fused-ring (bicyclic) bond motifs is 1. The van der Waals surface area contributed by atoms with Crippen molar-refractivity contribution in [1.82, 2.24) is 9.78 Å². The molecule has 2 heterocycles. The van der Waals surface area contributed by atoms with E-state index in [4.69, 9.17) is 9.84 Å². The molecule has 0 spiro atoms. The van der Waals surface area contributed by atoms with E-state index in [0.717, 1.165) is 42.3 Å². The van der Waals surface area contributed by atoms with Gasteiger partial charge in [0.2, 0.25) is 0 Å². The van der Waals surface area contributed by atoms with Crippen LogP contribution in [-0.4, -0.2) is 23.4 Å². The molecule has 1 aliphatic rings. The zero-order valence-electron chi connectivity index (χ0n) is 14.8. The van der Waals surface area contributed by atoms with Gasteiger partial charge in [0.25, 0.3) is 0 Å². The summed E-state index contributed by atoms with van der Waals surface area (Å²) in [4.78, 5) is 0. The van der Waals surface area contributed by atoms with E-state index in [1.54, 1.807) is 7.11 Å². The first-order valence-corrected chi connectivity index (χ1v) is 10.1. The van der Waals surface area contributed by atoms with E-state index < -0.39 is 0 Å². The second-order valence-corrected chi connectivity index (χ2v) is 7.82. The predicted molar refractivity (Wildman–Crippen MR) is 114 cm³/mol. The first-order valence-electron chi connectivity index (χ1n) is 8.98. The molecule has 0 radical (unpaired) electrons. The van der Waals surface area contributed by atoms with E-state index >= 15 is 0 Å². The van der Waals surface area contributed by atoms with E-state index in [9.17, 15) is 0 Å². The molecule has 0 bridgehead atoms. The van der Waals surface area contributed by atoms with Gasteiger partial charge < -0.3 is 10.1 Å². The average Bonchev–Trinajstić information content (AvgIpc) is 2.84. The minimum absolute atomic E-state index is 0.839. The van der Waals surface area contributed by atoms with Crippen LogP contribution < -0.4 is 10.1 Å². The topological polar surface area (TPSA) is 39.1 Å². The van der Waals surface area contributed by atoms with Crippen molar-refractivity contribution in [3.05, 3.63) is 68.9 Å². The number of halogens is 1. The van der Waals surface area contributed by atoms with Gasteiger partial charge in [0.15, 0.2) is 0 Å². The van der Waals surface area contributed by atoms with Crippen molar-refractivity contribution in [3.63, 3.8) is 0 Å². The molecule has 4 nitrogen and oxygen atoms in total. The first-order chi connectivity index (χ1) is 12.7. The summed E-state index contributed by atoms with van der Waals surface area (Å²) in [5, 5.41) is 8.60. The maximum absolute atomic E-state index is 5.27. The third-order valence-corrected chi connectivity index (χ3v) is 5.53. The molecule has 0 atom stereocenters. The lowest BCUT2D eigenvalue weighted by molar-refractivity contribution is 0.414. The number of ether oxygens (including phenoxy) is 1. The molecule has 0 unspecified atom stereocenters. The number of hydrogen-bond donors (Lipinski definition) is 1. The molecular formula is C21H22IN3O. The van der Waals surface area contributed by atoms with Crippen LogP contribution in [0.3, 0.4) is 0 Å². The van der Waals surface area contributed by atoms with Gasteiger partial charge in [-0.3, -0.25) is 0 Å². The van der Waals surface area contributed by atoms with E-state index in [2.05, 4.69) is 69.0 Å². The fourth-order valence-corrected chi connectivity index (χ4v) is 3.78. The van der Waals surface area contributed by atoms with Gasteiger partial charge in [0, 0.05) is 22.1 Å². The molecule has 0 saturated heterocycles. The minimum Gasteiger partial charge on any atom is -0.497 e. The molecule has 134 valence electrons. The van der Waals surface area contributed by atoms with Gasteiger partial charge in [-0.1, -0.05) is 12.1 Å². The molecule has 2 aromatic carbocycles. The Morgan fingerprint density at radius 2 is 1.85 bits per heavy atom. The molecule has 1 aromatic heterocycles. The maximum atomic E-state index is 5.27. The number of benzene rings is 2. The molecule has 0 fully saturated rings. The van der Waals surface area contributed by atoms with Crippen LogP contribution in [0.2, 0.25) is 0 Å². The quantitative estimate of drug-likeness (QED) is 0.569. The number of nitrogens with one attached hydrogen (secondary N) is 1. The van der Waals surface area contributed by atoms with Crippen molar-refractivity contribution in [2.75, 3.05) is 19.0 Å². The molecule has 5 heteroatoms. The van der Waals surface area contributed by atoms with Gasteiger partial charge in [-0.15, -0.1) is 0 Å². The average molecular weight is 459 g/mol. The zero-order valence-corrected chi connectivity index (χ0v) is 17.0. The van der Waals surface area contributed by atoms with Crippen molar-refractivity contribution in [1.29, 1.82) is 0 Å². The summed E-state index contributed by atoms with van der Waals surface area (Å²) in [6.45, 7) is 1.00. The number of anilines is 1. The highest BCUT2D eigenvalue weighted by Gasteiger charge is 2.20. The van der Waals surface area contributed by atoms with Gasteiger partial charge in [0.05, 0.1) is 18.5 Å². The van der Waals surface area contributed by atoms with Crippen molar-refractivity contribution in [2.45, 2.75) is 25.7 Å². The van der Waals surface area contributed by atoms with Gasteiger partial charge in [-0.05, 0) is 83.8 Å². The third kappa shape index (κ3) is 3.58. The van der Waals surface area contributed by atoms with Crippen LogP contribution >= 0.6 is 22.6 Å². The molecule has 26 heavy (non-hydrogen) atoms. The molecule has 3 aromatic rings. The molecule has 0 amide bonds. The molecule has 1 N–H and O–H groups in total. The summed E-state index contributed by atoms with van der Waals surface area (Å²) in [5.41, 5.74) is 4.89. The largest absolute Gasteiger partial charge is 0.497 e. The maximum Gasteiger partial charge on any atom is 0.133 e. The number of aromatic nitrogens is 2. The van der Waals surface area contributed by atoms with Gasteiger partial charge in [-0.2, -0.15) is 5.10 Å². The Hall–Kier alpha value is -2.02. The van der Waals surface area contributed by atoms with Crippen LogP contribution in [0.5, 0.6) is 5.75 Å². The normalized spacial score (nSPS) is 13.6. The lowest BCUT2D eigenvalue weighted by Gasteiger charge is -2.09. The predicted octanol–water partition coefficient (Wildman–Crippen LogP) is 4.82. The number of hydrogen-bond acceptors (Lipinski definition) is 3. The highest BCUT2D eigenvalue weighted by molar-refractivity contribution is 14.1. The highest BCUT2D eigenvalue weighted by Crippen LogP contribution is 2.30. The molecular weight excluding hydrogens is 437 g/mol. The standard InChI is InChI=1S/C21H22IN3O/c1-26-18-11-5-15(6-12-18)14-20-19-4-2-3-13-23-21(19)25(24-20)17-9-7-16(22)8-10-17/h5-12,23H,2-4,13-14H2,1H3. The lowest BCUT2D eigenvalue weighted by atomic mass is 10.0. The SMILES string of the molecule is COc1ccc(Cc2nn(-c3ccc(I)cc3)c3c2CCCCN3)cc1. The summed E-state index contributed by atoms with van der Waals surface area (Å²) in [5.74, 6) is 2.05. The van der Waals surface area contributed by atoms with Crippen molar-refractivity contribution >= 4 is 28.4 Å². The van der Waals surface area contributed by atoms with Crippen LogP contribution in [-0.2, 0) is 12.8 Å². The van der Waals surface area contributed by atoms with E-state index in [0.29, 0.717) is 0 Å².